The van der Waals surface area contributed by atoms with Gasteiger partial charge in [-0.1, -0.05) is 25.2 Å². The normalized spacial score (nSPS) is 11.0. The smallest absolute Gasteiger partial charge is 0.187 e. The molecule has 1 N–H and O–H groups in total. The van der Waals surface area contributed by atoms with Gasteiger partial charge in [-0.25, -0.2) is 4.98 Å². The molecular formula is C20H25N3OS2. The van der Waals surface area contributed by atoms with Gasteiger partial charge in [-0.05, 0) is 60.6 Å². The standard InChI is InChI=1S/C20H25N3OS2/c1-3-10-23(4-2)11-12-24-18-7-5-17(6-8-18)22-20-21-14-19(26-20)16-9-13-25-15-16/h5-9,13-15H,3-4,10-12H2,1-2H3,(H,21,22). The molecule has 4 nitrogen and oxygen atoms in total. The first-order valence-electron chi connectivity index (χ1n) is 8.99. The number of anilines is 2. The number of aromatic nitrogens is 1. The van der Waals surface area contributed by atoms with E-state index in [0.29, 0.717) is 0 Å². The Hall–Kier alpha value is -1.89. The van der Waals surface area contributed by atoms with Gasteiger partial charge in [-0.15, -0.1) is 0 Å². The van der Waals surface area contributed by atoms with Crippen LogP contribution in [-0.4, -0.2) is 36.1 Å². The van der Waals surface area contributed by atoms with Crippen molar-refractivity contribution in [3.63, 3.8) is 0 Å². The average molecular weight is 388 g/mol. The minimum atomic E-state index is 0.719. The van der Waals surface area contributed by atoms with Crippen molar-refractivity contribution in [2.24, 2.45) is 0 Å². The number of hydrogen-bond donors (Lipinski definition) is 1. The van der Waals surface area contributed by atoms with Crippen LogP contribution < -0.4 is 10.1 Å². The molecule has 6 heteroatoms. The van der Waals surface area contributed by atoms with Gasteiger partial charge < -0.3 is 15.0 Å². The molecule has 0 aliphatic carbocycles. The lowest BCUT2D eigenvalue weighted by Crippen LogP contribution is -2.28. The number of thiazole rings is 1. The number of nitrogens with zero attached hydrogens (tertiary/aromatic N) is 2. The highest BCUT2D eigenvalue weighted by molar-refractivity contribution is 7.19. The van der Waals surface area contributed by atoms with Crippen molar-refractivity contribution >= 4 is 33.5 Å². The van der Waals surface area contributed by atoms with Crippen LogP contribution in [0.5, 0.6) is 5.75 Å². The van der Waals surface area contributed by atoms with E-state index in [4.69, 9.17) is 4.74 Å². The van der Waals surface area contributed by atoms with Crippen molar-refractivity contribution in [3.8, 4) is 16.2 Å². The minimum absolute atomic E-state index is 0.719. The molecule has 0 saturated carbocycles. The second-order valence-electron chi connectivity index (χ2n) is 5.97. The molecule has 1 aromatic carbocycles. The van der Waals surface area contributed by atoms with E-state index < -0.39 is 0 Å². The van der Waals surface area contributed by atoms with Gasteiger partial charge in [0.15, 0.2) is 5.13 Å². The van der Waals surface area contributed by atoms with Crippen LogP contribution in [0.25, 0.3) is 10.4 Å². The summed E-state index contributed by atoms with van der Waals surface area (Å²) in [5, 5.41) is 8.49. The predicted molar refractivity (Wildman–Crippen MR) is 113 cm³/mol. The van der Waals surface area contributed by atoms with E-state index >= 15 is 0 Å². The maximum Gasteiger partial charge on any atom is 0.187 e. The summed E-state index contributed by atoms with van der Waals surface area (Å²) in [6.45, 7) is 8.29. The Labute approximate surface area is 163 Å². The summed E-state index contributed by atoms with van der Waals surface area (Å²) in [6, 6.07) is 10.2. The lowest BCUT2D eigenvalue weighted by molar-refractivity contribution is 0.216. The van der Waals surface area contributed by atoms with E-state index in [-0.39, 0.29) is 0 Å². The summed E-state index contributed by atoms with van der Waals surface area (Å²) in [4.78, 5) is 8.05. The molecule has 0 aliphatic heterocycles. The largest absolute Gasteiger partial charge is 0.492 e. The van der Waals surface area contributed by atoms with Crippen molar-refractivity contribution < 1.29 is 4.74 Å². The number of benzene rings is 1. The summed E-state index contributed by atoms with van der Waals surface area (Å²) in [6.07, 6.45) is 3.10. The van der Waals surface area contributed by atoms with Gasteiger partial charge in [0, 0.05) is 24.0 Å². The Bertz CT molecular complexity index is 769. The van der Waals surface area contributed by atoms with E-state index in [1.165, 1.54) is 16.9 Å². The molecule has 0 aliphatic rings. The number of rotatable bonds is 10. The predicted octanol–water partition coefficient (Wildman–Crippen LogP) is 5.73. The summed E-state index contributed by atoms with van der Waals surface area (Å²) in [5.74, 6) is 0.904. The van der Waals surface area contributed by atoms with Gasteiger partial charge in [0.1, 0.15) is 12.4 Å². The van der Waals surface area contributed by atoms with Gasteiger partial charge >= 0.3 is 0 Å². The SMILES string of the molecule is CCCN(CC)CCOc1ccc(Nc2ncc(-c3ccsc3)s2)cc1. The molecule has 3 rings (SSSR count). The Morgan fingerprint density at radius 1 is 1.12 bits per heavy atom. The van der Waals surface area contributed by atoms with Gasteiger partial charge in [-0.2, -0.15) is 11.3 Å². The maximum absolute atomic E-state index is 5.86. The van der Waals surface area contributed by atoms with Gasteiger partial charge in [0.05, 0.1) is 4.88 Å². The Balaban J connectivity index is 1.50. The molecule has 0 atom stereocenters. The lowest BCUT2D eigenvalue weighted by atomic mass is 10.3. The van der Waals surface area contributed by atoms with Gasteiger partial charge in [0.2, 0.25) is 0 Å². The van der Waals surface area contributed by atoms with E-state index in [9.17, 15) is 0 Å². The first-order chi connectivity index (χ1) is 12.8. The quantitative estimate of drug-likeness (QED) is 0.482. The van der Waals surface area contributed by atoms with Crippen LogP contribution in [0.2, 0.25) is 0 Å². The molecule has 0 fully saturated rings. The second-order valence-corrected chi connectivity index (χ2v) is 7.78. The van der Waals surface area contributed by atoms with Crippen LogP contribution in [0.15, 0.2) is 47.3 Å². The minimum Gasteiger partial charge on any atom is -0.492 e. The highest BCUT2D eigenvalue weighted by Crippen LogP contribution is 2.32. The zero-order valence-electron chi connectivity index (χ0n) is 15.3. The molecule has 0 bridgehead atoms. The van der Waals surface area contributed by atoms with Crippen molar-refractivity contribution in [1.82, 2.24) is 9.88 Å². The molecule has 0 spiro atoms. The van der Waals surface area contributed by atoms with E-state index in [2.05, 4.69) is 45.9 Å². The molecule has 0 saturated heterocycles. The Kier molecular flexibility index (Phi) is 7.05. The fourth-order valence-corrected chi connectivity index (χ4v) is 4.23. The first kappa shape index (κ1) is 18.9. The fourth-order valence-electron chi connectivity index (χ4n) is 2.66. The van der Waals surface area contributed by atoms with Crippen molar-refractivity contribution in [1.29, 1.82) is 0 Å². The first-order valence-corrected chi connectivity index (χ1v) is 10.7. The summed E-state index contributed by atoms with van der Waals surface area (Å²) < 4.78 is 5.86. The number of nitrogens with one attached hydrogen (secondary N) is 1. The van der Waals surface area contributed by atoms with Crippen molar-refractivity contribution in [2.45, 2.75) is 20.3 Å². The highest BCUT2D eigenvalue weighted by Gasteiger charge is 2.06. The highest BCUT2D eigenvalue weighted by atomic mass is 32.1. The Morgan fingerprint density at radius 2 is 1.96 bits per heavy atom. The van der Waals surface area contributed by atoms with Gasteiger partial charge in [-0.3, -0.25) is 0 Å². The molecule has 2 aromatic heterocycles. The second kappa shape index (κ2) is 9.71. The van der Waals surface area contributed by atoms with Crippen LogP contribution in [0.4, 0.5) is 10.8 Å². The lowest BCUT2D eigenvalue weighted by Gasteiger charge is -2.19. The number of likely N-dealkylation sites (N-methyl/N-ethyl adjacent to an activating group) is 1. The van der Waals surface area contributed by atoms with Crippen LogP contribution in [0, 0.1) is 0 Å². The molecule has 26 heavy (non-hydrogen) atoms. The Morgan fingerprint density at radius 3 is 2.65 bits per heavy atom. The van der Waals surface area contributed by atoms with Crippen molar-refractivity contribution in [2.75, 3.05) is 31.6 Å². The van der Waals surface area contributed by atoms with Crippen LogP contribution in [0.1, 0.15) is 20.3 Å². The zero-order valence-corrected chi connectivity index (χ0v) is 16.9. The topological polar surface area (TPSA) is 37.4 Å². The van der Waals surface area contributed by atoms with Crippen molar-refractivity contribution in [3.05, 3.63) is 47.3 Å². The summed E-state index contributed by atoms with van der Waals surface area (Å²) in [5.41, 5.74) is 2.25. The third-order valence-electron chi connectivity index (χ3n) is 4.08. The summed E-state index contributed by atoms with van der Waals surface area (Å²) >= 11 is 3.36. The average Bonchev–Trinajstić information content (AvgIpc) is 3.34. The van der Waals surface area contributed by atoms with E-state index in [1.54, 1.807) is 22.7 Å². The molecule has 138 valence electrons. The van der Waals surface area contributed by atoms with Crippen LogP contribution in [-0.2, 0) is 0 Å². The number of thiophene rings is 1. The molecule has 0 unspecified atom stereocenters. The fraction of sp³-hybridized carbons (Fsp3) is 0.350. The number of ether oxygens (including phenoxy) is 1. The maximum atomic E-state index is 5.86. The molecule has 0 radical (unpaired) electrons. The number of hydrogen-bond acceptors (Lipinski definition) is 6. The van der Waals surface area contributed by atoms with Gasteiger partial charge in [0.25, 0.3) is 0 Å². The van der Waals surface area contributed by atoms with Crippen LogP contribution in [0.3, 0.4) is 0 Å². The molecule has 2 heterocycles. The zero-order chi connectivity index (χ0) is 18.2. The third kappa shape index (κ3) is 5.30. The molecular weight excluding hydrogens is 362 g/mol. The van der Waals surface area contributed by atoms with Crippen LogP contribution >= 0.6 is 22.7 Å². The van der Waals surface area contributed by atoms with E-state index in [0.717, 1.165) is 42.8 Å². The third-order valence-corrected chi connectivity index (χ3v) is 5.73. The monoisotopic (exact) mass is 387 g/mol. The summed E-state index contributed by atoms with van der Waals surface area (Å²) in [7, 11) is 0. The van der Waals surface area contributed by atoms with E-state index in [1.807, 2.05) is 30.5 Å². The molecule has 3 aromatic rings. The molecule has 0 amide bonds.